The van der Waals surface area contributed by atoms with Gasteiger partial charge in [0, 0.05) is 20.2 Å². The third-order valence-electron chi connectivity index (χ3n) is 1.38. The van der Waals surface area contributed by atoms with Gasteiger partial charge < -0.3 is 4.90 Å². The normalized spacial score (nSPS) is 9.08. The number of anilines is 1. The predicted molar refractivity (Wildman–Crippen MR) is 43.9 cm³/mol. The van der Waals surface area contributed by atoms with E-state index in [0.717, 1.165) is 0 Å². The second-order valence-corrected chi connectivity index (χ2v) is 2.47. The van der Waals surface area contributed by atoms with Crippen LogP contribution >= 0.6 is 0 Å². The van der Waals surface area contributed by atoms with E-state index < -0.39 is 0 Å². The van der Waals surface area contributed by atoms with Crippen molar-refractivity contribution < 1.29 is 0 Å². The molecule has 1 N–H and O–H groups in total. The maximum absolute atomic E-state index is 11.1. The van der Waals surface area contributed by atoms with Crippen LogP contribution in [0.1, 0.15) is 5.69 Å². The van der Waals surface area contributed by atoms with Crippen molar-refractivity contribution in [3.8, 4) is 6.07 Å². The van der Waals surface area contributed by atoms with E-state index in [2.05, 4.69) is 10.2 Å². The van der Waals surface area contributed by atoms with Gasteiger partial charge in [-0.2, -0.15) is 10.4 Å². The van der Waals surface area contributed by atoms with Gasteiger partial charge in [-0.25, -0.2) is 5.10 Å². The molecular weight excluding hydrogens is 156 g/mol. The smallest absolute Gasteiger partial charge is 0.287 e. The molecule has 0 aliphatic carbocycles. The van der Waals surface area contributed by atoms with Crippen LogP contribution in [0.15, 0.2) is 10.9 Å². The zero-order valence-corrected chi connectivity index (χ0v) is 6.83. The Balaban J connectivity index is 3.29. The lowest BCUT2D eigenvalue weighted by atomic mass is 10.3. The minimum Gasteiger partial charge on any atom is -0.373 e. The number of aromatic nitrogens is 2. The quantitative estimate of drug-likeness (QED) is 0.618. The lowest BCUT2D eigenvalue weighted by molar-refractivity contribution is 0.947. The summed E-state index contributed by atoms with van der Waals surface area (Å²) in [5, 5.41) is 14.2. The summed E-state index contributed by atoms with van der Waals surface area (Å²) in [5.74, 6) is 0. The summed E-state index contributed by atoms with van der Waals surface area (Å²) in [6.45, 7) is 0. The number of rotatable bonds is 1. The van der Waals surface area contributed by atoms with Gasteiger partial charge in [0.1, 0.15) is 11.8 Å². The summed E-state index contributed by atoms with van der Waals surface area (Å²) >= 11 is 0. The van der Waals surface area contributed by atoms with Crippen LogP contribution < -0.4 is 10.5 Å². The zero-order valence-electron chi connectivity index (χ0n) is 6.83. The molecule has 1 aromatic rings. The number of aromatic amines is 1. The number of nitriles is 1. The first-order valence-corrected chi connectivity index (χ1v) is 3.32. The van der Waals surface area contributed by atoms with Gasteiger partial charge in [0.15, 0.2) is 5.69 Å². The average Bonchev–Trinajstić information content (AvgIpc) is 2.05. The predicted octanol–water partition coefficient (Wildman–Crippen LogP) is -0.292. The number of hydrogen-bond acceptors (Lipinski definition) is 4. The molecule has 5 nitrogen and oxygen atoms in total. The summed E-state index contributed by atoms with van der Waals surface area (Å²) in [6, 6.07) is 3.28. The van der Waals surface area contributed by atoms with Gasteiger partial charge >= 0.3 is 0 Å². The first kappa shape index (κ1) is 8.27. The van der Waals surface area contributed by atoms with Crippen LogP contribution in [0.25, 0.3) is 0 Å². The third kappa shape index (κ3) is 1.42. The molecule has 0 atom stereocenters. The second kappa shape index (κ2) is 3.05. The van der Waals surface area contributed by atoms with Gasteiger partial charge in [-0.05, 0) is 0 Å². The van der Waals surface area contributed by atoms with Gasteiger partial charge in [0.2, 0.25) is 0 Å². The Morgan fingerprint density at radius 3 is 2.83 bits per heavy atom. The van der Waals surface area contributed by atoms with Crippen LogP contribution in [-0.2, 0) is 0 Å². The molecule has 0 aliphatic rings. The van der Waals surface area contributed by atoms with E-state index >= 15 is 0 Å². The molecule has 0 spiro atoms. The van der Waals surface area contributed by atoms with E-state index in [4.69, 9.17) is 5.26 Å². The molecule has 12 heavy (non-hydrogen) atoms. The summed E-state index contributed by atoms with van der Waals surface area (Å²) < 4.78 is 0. The Kier molecular flexibility index (Phi) is 2.10. The summed E-state index contributed by atoms with van der Waals surface area (Å²) in [7, 11) is 3.46. The van der Waals surface area contributed by atoms with Gasteiger partial charge in [-0.1, -0.05) is 0 Å². The molecule has 1 aromatic heterocycles. The molecular formula is C7H8N4O. The van der Waals surface area contributed by atoms with Gasteiger partial charge in [-0.15, -0.1) is 0 Å². The first-order chi connectivity index (χ1) is 5.65. The fraction of sp³-hybridized carbons (Fsp3) is 0.286. The SMILES string of the molecule is CN(C)c1cc(C#N)n[nH]c1=O. The van der Waals surface area contributed by atoms with Crippen molar-refractivity contribution in [1.29, 1.82) is 5.26 Å². The van der Waals surface area contributed by atoms with Crippen molar-refractivity contribution in [3.05, 3.63) is 22.1 Å². The van der Waals surface area contributed by atoms with Gasteiger partial charge in [0.05, 0.1) is 0 Å². The van der Waals surface area contributed by atoms with E-state index in [1.807, 2.05) is 6.07 Å². The number of H-pyrrole nitrogens is 1. The maximum atomic E-state index is 11.1. The molecule has 0 aromatic carbocycles. The Hall–Kier alpha value is -1.83. The highest BCUT2D eigenvalue weighted by Gasteiger charge is 2.03. The molecule has 1 rings (SSSR count). The van der Waals surface area contributed by atoms with Crippen molar-refractivity contribution >= 4 is 5.69 Å². The average molecular weight is 164 g/mol. The largest absolute Gasteiger partial charge is 0.373 e. The van der Waals surface area contributed by atoms with Gasteiger partial charge in [0.25, 0.3) is 5.56 Å². The molecule has 0 saturated carbocycles. The molecule has 0 aliphatic heterocycles. The van der Waals surface area contributed by atoms with Crippen LogP contribution in [0.4, 0.5) is 5.69 Å². The molecule has 0 saturated heterocycles. The minimum absolute atomic E-state index is 0.207. The molecule has 0 bridgehead atoms. The minimum atomic E-state index is -0.293. The van der Waals surface area contributed by atoms with Gasteiger partial charge in [-0.3, -0.25) is 4.79 Å². The highest BCUT2D eigenvalue weighted by atomic mass is 16.1. The van der Waals surface area contributed by atoms with Crippen LogP contribution in [-0.4, -0.2) is 24.3 Å². The van der Waals surface area contributed by atoms with E-state index in [9.17, 15) is 4.79 Å². The van der Waals surface area contributed by atoms with Crippen molar-refractivity contribution in [2.75, 3.05) is 19.0 Å². The van der Waals surface area contributed by atoms with Crippen molar-refractivity contribution in [1.82, 2.24) is 10.2 Å². The Morgan fingerprint density at radius 1 is 1.67 bits per heavy atom. The van der Waals surface area contributed by atoms with Crippen LogP contribution in [0.2, 0.25) is 0 Å². The van der Waals surface area contributed by atoms with Crippen LogP contribution in [0.3, 0.4) is 0 Å². The van der Waals surface area contributed by atoms with E-state index in [1.54, 1.807) is 19.0 Å². The van der Waals surface area contributed by atoms with E-state index in [-0.39, 0.29) is 11.3 Å². The third-order valence-corrected chi connectivity index (χ3v) is 1.38. The second-order valence-electron chi connectivity index (χ2n) is 2.47. The molecule has 0 amide bonds. The van der Waals surface area contributed by atoms with Crippen LogP contribution in [0.5, 0.6) is 0 Å². The zero-order chi connectivity index (χ0) is 9.14. The summed E-state index contributed by atoms with van der Waals surface area (Å²) in [4.78, 5) is 12.7. The standard InChI is InChI=1S/C7H8N4O/c1-11(2)6-3-5(4-8)9-10-7(6)12/h3H,1-2H3,(H,10,12). The lowest BCUT2D eigenvalue weighted by Crippen LogP contribution is -2.21. The maximum Gasteiger partial charge on any atom is 0.287 e. The van der Waals surface area contributed by atoms with Crippen molar-refractivity contribution in [3.63, 3.8) is 0 Å². The molecule has 0 radical (unpaired) electrons. The summed E-state index contributed by atoms with van der Waals surface area (Å²) in [6.07, 6.45) is 0. The van der Waals surface area contributed by atoms with Crippen molar-refractivity contribution in [2.24, 2.45) is 0 Å². The number of nitrogens with zero attached hydrogens (tertiary/aromatic N) is 3. The Morgan fingerprint density at radius 2 is 2.33 bits per heavy atom. The summed E-state index contributed by atoms with van der Waals surface area (Å²) in [5.41, 5.74) is 0.346. The van der Waals surface area contributed by atoms with Crippen molar-refractivity contribution in [2.45, 2.75) is 0 Å². The molecule has 5 heteroatoms. The molecule has 0 fully saturated rings. The number of nitrogens with one attached hydrogen (secondary N) is 1. The van der Waals surface area contributed by atoms with E-state index in [1.165, 1.54) is 6.07 Å². The Labute approximate surface area is 69.2 Å². The molecule has 0 unspecified atom stereocenters. The van der Waals surface area contributed by atoms with Crippen LogP contribution in [0, 0.1) is 11.3 Å². The first-order valence-electron chi connectivity index (χ1n) is 3.32. The Bertz CT molecular complexity index is 374. The highest BCUT2D eigenvalue weighted by Crippen LogP contribution is 2.02. The van der Waals surface area contributed by atoms with E-state index in [0.29, 0.717) is 5.69 Å². The lowest BCUT2D eigenvalue weighted by Gasteiger charge is -2.09. The number of hydrogen-bond donors (Lipinski definition) is 1. The highest BCUT2D eigenvalue weighted by molar-refractivity contribution is 5.45. The topological polar surface area (TPSA) is 72.8 Å². The monoisotopic (exact) mass is 164 g/mol. The molecule has 1 heterocycles. The fourth-order valence-corrected chi connectivity index (χ4v) is 0.785. The fourth-order valence-electron chi connectivity index (χ4n) is 0.785. The molecule has 62 valence electrons.